The number of rotatable bonds is 4. The summed E-state index contributed by atoms with van der Waals surface area (Å²) >= 11 is 0. The van der Waals surface area contributed by atoms with Gasteiger partial charge in [-0.2, -0.15) is 0 Å². The second-order valence-electron chi connectivity index (χ2n) is 8.84. The Morgan fingerprint density at radius 2 is 1.65 bits per heavy atom. The van der Waals surface area contributed by atoms with E-state index in [4.69, 9.17) is 0 Å². The first kappa shape index (κ1) is 16.3. The molecule has 118 valence electrons. The molecule has 0 spiro atoms. The van der Waals surface area contributed by atoms with Crippen molar-refractivity contribution in [1.29, 1.82) is 0 Å². The number of nitrogens with one attached hydrogen (secondary N) is 1. The van der Waals surface area contributed by atoms with Gasteiger partial charge in [0.15, 0.2) is 0 Å². The van der Waals surface area contributed by atoms with Crippen LogP contribution < -0.4 is 5.32 Å². The topological polar surface area (TPSA) is 12.0 Å². The zero-order valence-corrected chi connectivity index (χ0v) is 14.6. The van der Waals surface area contributed by atoms with E-state index in [2.05, 4.69) is 39.9 Å². The third-order valence-electron chi connectivity index (χ3n) is 6.69. The van der Waals surface area contributed by atoms with Gasteiger partial charge in [0.2, 0.25) is 0 Å². The molecule has 1 heteroatoms. The van der Waals surface area contributed by atoms with Crippen LogP contribution in [-0.2, 0) is 0 Å². The van der Waals surface area contributed by atoms with Crippen molar-refractivity contribution in [3.63, 3.8) is 0 Å². The lowest BCUT2D eigenvalue weighted by atomic mass is 9.68. The Kier molecular flexibility index (Phi) is 5.21. The SMILES string of the molecule is CCC(C)(C)C1CCC(NC2CCCCC2(C)C)CC1. The second-order valence-corrected chi connectivity index (χ2v) is 8.84. The Hall–Kier alpha value is -0.0400. The smallest absolute Gasteiger partial charge is 0.0121 e. The fraction of sp³-hybridized carbons (Fsp3) is 1.00. The molecule has 0 heterocycles. The maximum absolute atomic E-state index is 4.04. The van der Waals surface area contributed by atoms with Crippen molar-refractivity contribution in [2.75, 3.05) is 0 Å². The van der Waals surface area contributed by atoms with Crippen LogP contribution in [-0.4, -0.2) is 12.1 Å². The zero-order chi connectivity index (χ0) is 14.8. The van der Waals surface area contributed by atoms with Gasteiger partial charge in [-0.15, -0.1) is 0 Å². The fourth-order valence-electron chi connectivity index (χ4n) is 4.42. The minimum atomic E-state index is 0.512. The molecule has 2 rings (SSSR count). The molecule has 0 aromatic heterocycles. The summed E-state index contributed by atoms with van der Waals surface area (Å²) in [6.45, 7) is 12.2. The minimum Gasteiger partial charge on any atom is -0.311 e. The van der Waals surface area contributed by atoms with Gasteiger partial charge in [0, 0.05) is 12.1 Å². The van der Waals surface area contributed by atoms with Crippen LogP contribution in [0.15, 0.2) is 0 Å². The van der Waals surface area contributed by atoms with Crippen LogP contribution >= 0.6 is 0 Å². The monoisotopic (exact) mass is 279 g/mol. The van der Waals surface area contributed by atoms with Gasteiger partial charge < -0.3 is 5.32 Å². The van der Waals surface area contributed by atoms with Crippen LogP contribution in [0.5, 0.6) is 0 Å². The summed E-state index contributed by atoms with van der Waals surface area (Å²) < 4.78 is 0. The van der Waals surface area contributed by atoms with Gasteiger partial charge in [-0.25, -0.2) is 0 Å². The Bertz CT molecular complexity index is 297. The highest BCUT2D eigenvalue weighted by Gasteiger charge is 2.36. The Morgan fingerprint density at radius 1 is 1.00 bits per heavy atom. The van der Waals surface area contributed by atoms with E-state index in [1.807, 2.05) is 0 Å². The lowest BCUT2D eigenvalue weighted by molar-refractivity contribution is 0.108. The Morgan fingerprint density at radius 3 is 2.20 bits per heavy atom. The highest BCUT2D eigenvalue weighted by Crippen LogP contribution is 2.41. The van der Waals surface area contributed by atoms with Crippen molar-refractivity contribution in [3.8, 4) is 0 Å². The zero-order valence-electron chi connectivity index (χ0n) is 14.6. The van der Waals surface area contributed by atoms with Crippen LogP contribution in [0.2, 0.25) is 0 Å². The molecule has 1 unspecified atom stereocenters. The molecule has 0 saturated heterocycles. The third kappa shape index (κ3) is 3.78. The van der Waals surface area contributed by atoms with Crippen molar-refractivity contribution >= 4 is 0 Å². The summed E-state index contributed by atoms with van der Waals surface area (Å²) in [6.07, 6.45) is 12.7. The lowest BCUT2D eigenvalue weighted by Crippen LogP contribution is -2.50. The summed E-state index contributed by atoms with van der Waals surface area (Å²) in [5.74, 6) is 0.949. The molecule has 0 aromatic rings. The first-order chi connectivity index (χ1) is 9.35. The fourth-order valence-corrected chi connectivity index (χ4v) is 4.42. The van der Waals surface area contributed by atoms with Gasteiger partial charge in [0.05, 0.1) is 0 Å². The molecular formula is C19H37N. The van der Waals surface area contributed by atoms with E-state index in [0.29, 0.717) is 10.8 Å². The quantitative estimate of drug-likeness (QED) is 0.712. The summed E-state index contributed by atoms with van der Waals surface area (Å²) in [7, 11) is 0. The summed E-state index contributed by atoms with van der Waals surface area (Å²) in [5, 5.41) is 4.04. The largest absolute Gasteiger partial charge is 0.311 e. The highest BCUT2D eigenvalue weighted by molar-refractivity contribution is 4.92. The molecule has 0 bridgehead atoms. The molecule has 0 radical (unpaired) electrons. The van der Waals surface area contributed by atoms with E-state index >= 15 is 0 Å². The predicted octanol–water partition coefficient (Wildman–Crippen LogP) is 5.54. The second kappa shape index (κ2) is 6.38. The Labute approximate surface area is 127 Å². The number of hydrogen-bond donors (Lipinski definition) is 1. The van der Waals surface area contributed by atoms with Crippen LogP contribution in [0, 0.1) is 16.7 Å². The molecule has 2 aliphatic rings. The van der Waals surface area contributed by atoms with Gasteiger partial charge >= 0.3 is 0 Å². The van der Waals surface area contributed by atoms with Crippen molar-refractivity contribution in [3.05, 3.63) is 0 Å². The lowest BCUT2D eigenvalue weighted by Gasteiger charge is -2.44. The van der Waals surface area contributed by atoms with Crippen LogP contribution in [0.1, 0.15) is 92.4 Å². The molecule has 2 saturated carbocycles. The minimum absolute atomic E-state index is 0.512. The molecule has 1 N–H and O–H groups in total. The predicted molar refractivity (Wildman–Crippen MR) is 89.0 cm³/mol. The van der Waals surface area contributed by atoms with Crippen molar-refractivity contribution in [2.24, 2.45) is 16.7 Å². The normalized spacial score (nSPS) is 35.0. The standard InChI is InChI=1S/C19H37N/c1-6-18(2,3)15-10-12-16(13-11-15)20-17-9-7-8-14-19(17,4)5/h15-17,20H,6-14H2,1-5H3. The molecular weight excluding hydrogens is 242 g/mol. The highest BCUT2D eigenvalue weighted by atomic mass is 15.0. The molecule has 1 nitrogen and oxygen atoms in total. The first-order valence-corrected chi connectivity index (χ1v) is 9.11. The van der Waals surface area contributed by atoms with Crippen LogP contribution in [0.25, 0.3) is 0 Å². The van der Waals surface area contributed by atoms with Gasteiger partial charge in [-0.05, 0) is 55.3 Å². The van der Waals surface area contributed by atoms with Crippen LogP contribution in [0.4, 0.5) is 0 Å². The first-order valence-electron chi connectivity index (χ1n) is 9.11. The van der Waals surface area contributed by atoms with E-state index in [-0.39, 0.29) is 0 Å². The summed E-state index contributed by atoms with van der Waals surface area (Å²) in [4.78, 5) is 0. The Balaban J connectivity index is 1.82. The number of hydrogen-bond acceptors (Lipinski definition) is 1. The molecule has 0 aromatic carbocycles. The van der Waals surface area contributed by atoms with Crippen molar-refractivity contribution < 1.29 is 0 Å². The van der Waals surface area contributed by atoms with E-state index < -0.39 is 0 Å². The summed E-state index contributed by atoms with van der Waals surface area (Å²) in [6, 6.07) is 1.55. The van der Waals surface area contributed by atoms with Gasteiger partial charge in [0.1, 0.15) is 0 Å². The molecule has 1 atom stereocenters. The molecule has 0 aliphatic heterocycles. The van der Waals surface area contributed by atoms with Gasteiger partial charge in [-0.1, -0.05) is 53.9 Å². The van der Waals surface area contributed by atoms with Gasteiger partial charge in [-0.3, -0.25) is 0 Å². The molecule has 2 fully saturated rings. The van der Waals surface area contributed by atoms with E-state index in [0.717, 1.165) is 18.0 Å². The molecule has 20 heavy (non-hydrogen) atoms. The van der Waals surface area contributed by atoms with Crippen LogP contribution in [0.3, 0.4) is 0 Å². The third-order valence-corrected chi connectivity index (χ3v) is 6.69. The van der Waals surface area contributed by atoms with E-state index in [1.165, 1.54) is 57.8 Å². The van der Waals surface area contributed by atoms with Gasteiger partial charge in [0.25, 0.3) is 0 Å². The van der Waals surface area contributed by atoms with Crippen molar-refractivity contribution in [1.82, 2.24) is 5.32 Å². The maximum atomic E-state index is 4.04. The van der Waals surface area contributed by atoms with E-state index in [9.17, 15) is 0 Å². The van der Waals surface area contributed by atoms with E-state index in [1.54, 1.807) is 0 Å². The van der Waals surface area contributed by atoms with Crippen molar-refractivity contribution in [2.45, 2.75) is 104 Å². The average Bonchev–Trinajstić information content (AvgIpc) is 2.42. The maximum Gasteiger partial charge on any atom is 0.0121 e. The average molecular weight is 280 g/mol. The molecule has 0 amide bonds. The summed E-state index contributed by atoms with van der Waals surface area (Å²) in [5.41, 5.74) is 1.06. The molecule has 2 aliphatic carbocycles.